The molecule has 0 radical (unpaired) electrons. The first-order valence-corrected chi connectivity index (χ1v) is 14.7. The van der Waals surface area contributed by atoms with Crippen LogP contribution in [0.2, 0.25) is 0 Å². The van der Waals surface area contributed by atoms with Crippen LogP contribution in [0.1, 0.15) is 58.7 Å². The fourth-order valence-corrected chi connectivity index (χ4v) is 5.54. The second-order valence-electron chi connectivity index (χ2n) is 12.8. The van der Waals surface area contributed by atoms with Crippen LogP contribution >= 0.6 is 0 Å². The number of aromatic nitrogens is 1. The number of amides is 4. The first-order valence-electron chi connectivity index (χ1n) is 14.7. The maximum absolute atomic E-state index is 14.1. The summed E-state index contributed by atoms with van der Waals surface area (Å²) in [5.74, 6) is -0.791. The normalized spacial score (nSPS) is 19.4. The van der Waals surface area contributed by atoms with E-state index in [1.165, 1.54) is 0 Å². The summed E-state index contributed by atoms with van der Waals surface area (Å²) in [6.07, 6.45) is 2.54. The average molecular weight is 594 g/mol. The van der Waals surface area contributed by atoms with Gasteiger partial charge in [0.05, 0.1) is 18.8 Å². The second kappa shape index (κ2) is 13.1. The Kier molecular flexibility index (Phi) is 9.74. The Morgan fingerprint density at radius 1 is 1.02 bits per heavy atom. The highest BCUT2D eigenvalue weighted by Crippen LogP contribution is 2.36. The molecule has 232 valence electrons. The van der Waals surface area contributed by atoms with Gasteiger partial charge in [-0.25, -0.2) is 4.79 Å². The third-order valence-corrected chi connectivity index (χ3v) is 7.69. The molecule has 1 aromatic heterocycles. The first kappa shape index (κ1) is 31.9. The van der Waals surface area contributed by atoms with Crippen LogP contribution < -0.4 is 10.6 Å². The zero-order valence-corrected chi connectivity index (χ0v) is 25.7. The number of ether oxygens (including phenoxy) is 2. The fraction of sp³-hybridized carbons (Fsp3) is 0.531. The molecule has 11 heteroatoms. The monoisotopic (exact) mass is 593 g/mol. The standard InChI is InChI=1S/C32H43N5O6/c1-30(2,3)43-29(41)35-31(4,5)28(40)34-25(21-42-20-23-11-7-6-8-12-23)27(39)36-17-18-37-26(38)14-15-32(37,22-36)19-24-13-9-10-16-33-24/h6-13,16,25H,14-15,17-22H2,1-5H3,(H,34,40)(H,35,41)/t25-,32?/m1/s1. The summed E-state index contributed by atoms with van der Waals surface area (Å²) in [5.41, 5.74) is -0.912. The number of carbonyl (C=O) groups is 4. The molecule has 2 aliphatic heterocycles. The van der Waals surface area contributed by atoms with E-state index in [0.29, 0.717) is 38.9 Å². The average Bonchev–Trinajstić information content (AvgIpc) is 3.26. The molecule has 1 aromatic carbocycles. The van der Waals surface area contributed by atoms with Crippen LogP contribution in [0, 0.1) is 0 Å². The molecule has 2 aromatic rings. The zero-order chi connectivity index (χ0) is 31.3. The Hall–Kier alpha value is -3.99. The number of rotatable bonds is 10. The van der Waals surface area contributed by atoms with Crippen molar-refractivity contribution in [3.8, 4) is 0 Å². The Morgan fingerprint density at radius 2 is 1.74 bits per heavy atom. The molecule has 11 nitrogen and oxygen atoms in total. The molecule has 0 spiro atoms. The number of hydrogen-bond donors (Lipinski definition) is 2. The number of fused-ring (bicyclic) bond motifs is 1. The summed E-state index contributed by atoms with van der Waals surface area (Å²) in [4.78, 5) is 60.9. The number of pyridine rings is 1. The van der Waals surface area contributed by atoms with Gasteiger partial charge in [-0.15, -0.1) is 0 Å². The van der Waals surface area contributed by atoms with Gasteiger partial charge in [0, 0.05) is 44.4 Å². The van der Waals surface area contributed by atoms with Crippen molar-refractivity contribution in [3.05, 3.63) is 66.0 Å². The lowest BCUT2D eigenvalue weighted by Gasteiger charge is -2.47. The molecule has 2 aliphatic rings. The minimum absolute atomic E-state index is 0.0750. The summed E-state index contributed by atoms with van der Waals surface area (Å²) in [5, 5.41) is 5.42. The van der Waals surface area contributed by atoms with Gasteiger partial charge in [-0.05, 0) is 58.7 Å². The predicted molar refractivity (Wildman–Crippen MR) is 160 cm³/mol. The summed E-state index contributed by atoms with van der Waals surface area (Å²) in [6, 6.07) is 14.2. The molecular weight excluding hydrogens is 550 g/mol. The number of alkyl carbamates (subject to hydrolysis) is 1. The molecule has 2 saturated heterocycles. The summed E-state index contributed by atoms with van der Waals surface area (Å²) in [6.45, 7) is 9.52. The van der Waals surface area contributed by atoms with E-state index in [-0.39, 0.29) is 25.0 Å². The largest absolute Gasteiger partial charge is 0.444 e. The smallest absolute Gasteiger partial charge is 0.408 e. The lowest BCUT2D eigenvalue weighted by atomic mass is 9.87. The van der Waals surface area contributed by atoms with Crippen molar-refractivity contribution in [1.29, 1.82) is 0 Å². The highest BCUT2D eigenvalue weighted by Gasteiger charge is 2.50. The van der Waals surface area contributed by atoms with Crippen LogP contribution in [0.3, 0.4) is 0 Å². The molecule has 1 unspecified atom stereocenters. The SMILES string of the molecule is CC(C)(C)OC(=O)NC(C)(C)C(=O)N[C@H](COCc1ccccc1)C(=O)N1CCN2C(=O)CCC2(Cc2ccccn2)C1. The van der Waals surface area contributed by atoms with Crippen molar-refractivity contribution in [2.45, 2.75) is 83.2 Å². The van der Waals surface area contributed by atoms with E-state index in [9.17, 15) is 19.2 Å². The van der Waals surface area contributed by atoms with Crippen LogP contribution in [0.25, 0.3) is 0 Å². The van der Waals surface area contributed by atoms with Gasteiger partial charge >= 0.3 is 6.09 Å². The first-order chi connectivity index (χ1) is 20.3. The Labute approximate surface area is 253 Å². The highest BCUT2D eigenvalue weighted by molar-refractivity contribution is 5.94. The van der Waals surface area contributed by atoms with E-state index in [0.717, 1.165) is 11.3 Å². The van der Waals surface area contributed by atoms with Gasteiger partial charge in [0.15, 0.2) is 0 Å². The van der Waals surface area contributed by atoms with Gasteiger partial charge in [0.1, 0.15) is 17.2 Å². The van der Waals surface area contributed by atoms with Gasteiger partial charge in [-0.1, -0.05) is 36.4 Å². The topological polar surface area (TPSA) is 130 Å². The van der Waals surface area contributed by atoms with Crippen molar-refractivity contribution in [2.75, 3.05) is 26.2 Å². The highest BCUT2D eigenvalue weighted by atomic mass is 16.6. The quantitative estimate of drug-likeness (QED) is 0.433. The van der Waals surface area contributed by atoms with Crippen molar-refractivity contribution >= 4 is 23.8 Å². The Bertz CT molecular complexity index is 1300. The minimum atomic E-state index is -1.38. The summed E-state index contributed by atoms with van der Waals surface area (Å²) >= 11 is 0. The lowest BCUT2D eigenvalue weighted by molar-refractivity contribution is -0.147. The number of nitrogens with one attached hydrogen (secondary N) is 2. The summed E-state index contributed by atoms with van der Waals surface area (Å²) in [7, 11) is 0. The van der Waals surface area contributed by atoms with Crippen molar-refractivity contribution in [2.24, 2.45) is 0 Å². The molecule has 2 atom stereocenters. The summed E-state index contributed by atoms with van der Waals surface area (Å²) < 4.78 is 11.3. The van der Waals surface area contributed by atoms with Gasteiger partial charge in [-0.2, -0.15) is 0 Å². The van der Waals surface area contributed by atoms with Crippen LogP contribution in [-0.2, 0) is 36.9 Å². The van der Waals surface area contributed by atoms with E-state index >= 15 is 0 Å². The fourth-order valence-electron chi connectivity index (χ4n) is 5.54. The Balaban J connectivity index is 1.51. The predicted octanol–water partition coefficient (Wildman–Crippen LogP) is 2.83. The van der Waals surface area contributed by atoms with Crippen LogP contribution in [0.4, 0.5) is 4.79 Å². The van der Waals surface area contributed by atoms with Gasteiger partial charge in [0.2, 0.25) is 17.7 Å². The molecule has 4 amide bonds. The van der Waals surface area contributed by atoms with Crippen molar-refractivity contribution in [3.63, 3.8) is 0 Å². The molecule has 4 rings (SSSR count). The molecular formula is C32H43N5O6. The minimum Gasteiger partial charge on any atom is -0.444 e. The van der Waals surface area contributed by atoms with E-state index in [1.807, 2.05) is 53.4 Å². The van der Waals surface area contributed by atoms with Crippen LogP contribution in [0.15, 0.2) is 54.7 Å². The van der Waals surface area contributed by atoms with Crippen LogP contribution in [0.5, 0.6) is 0 Å². The molecule has 0 bridgehead atoms. The van der Waals surface area contributed by atoms with Crippen molar-refractivity contribution < 1.29 is 28.7 Å². The molecule has 0 aliphatic carbocycles. The van der Waals surface area contributed by atoms with Gasteiger partial charge in [0.25, 0.3) is 0 Å². The molecule has 3 heterocycles. The molecule has 2 N–H and O–H groups in total. The number of carbonyl (C=O) groups excluding carboxylic acids is 4. The zero-order valence-electron chi connectivity index (χ0n) is 25.7. The van der Waals surface area contributed by atoms with Crippen LogP contribution in [-0.4, -0.2) is 87.6 Å². The molecule has 2 fully saturated rings. The Morgan fingerprint density at radius 3 is 2.42 bits per heavy atom. The van der Waals surface area contributed by atoms with Gasteiger partial charge in [-0.3, -0.25) is 19.4 Å². The third-order valence-electron chi connectivity index (χ3n) is 7.69. The van der Waals surface area contributed by atoms with Gasteiger partial charge < -0.3 is 29.9 Å². The second-order valence-corrected chi connectivity index (χ2v) is 12.8. The number of benzene rings is 1. The van der Waals surface area contributed by atoms with Crippen molar-refractivity contribution in [1.82, 2.24) is 25.4 Å². The maximum atomic E-state index is 14.1. The molecule has 0 saturated carbocycles. The number of nitrogens with zero attached hydrogens (tertiary/aromatic N) is 3. The number of piperazine rings is 1. The van der Waals surface area contributed by atoms with E-state index in [2.05, 4.69) is 15.6 Å². The van der Waals surface area contributed by atoms with E-state index in [1.54, 1.807) is 45.7 Å². The lowest BCUT2D eigenvalue weighted by Crippen LogP contribution is -2.66. The van der Waals surface area contributed by atoms with E-state index in [4.69, 9.17) is 9.47 Å². The number of hydrogen-bond acceptors (Lipinski definition) is 7. The molecule has 43 heavy (non-hydrogen) atoms. The third kappa shape index (κ3) is 8.31. The van der Waals surface area contributed by atoms with E-state index < -0.39 is 34.7 Å². The maximum Gasteiger partial charge on any atom is 0.408 e.